The summed E-state index contributed by atoms with van der Waals surface area (Å²) >= 11 is 0. The van der Waals surface area contributed by atoms with E-state index in [0.29, 0.717) is 6.42 Å². The fourth-order valence-electron chi connectivity index (χ4n) is 3.50. The molecule has 0 saturated heterocycles. The van der Waals surface area contributed by atoms with Gasteiger partial charge in [-0.05, 0) is 36.0 Å². The van der Waals surface area contributed by atoms with Crippen LogP contribution < -0.4 is 11.1 Å². The highest BCUT2D eigenvalue weighted by Gasteiger charge is 2.25. The van der Waals surface area contributed by atoms with E-state index >= 15 is 0 Å². The van der Waals surface area contributed by atoms with Crippen molar-refractivity contribution in [3.05, 3.63) is 82.3 Å². The number of hydrogen-bond donors (Lipinski definition) is 2. The zero-order valence-electron chi connectivity index (χ0n) is 20.6. The van der Waals surface area contributed by atoms with Crippen LogP contribution in [0.4, 0.5) is 4.79 Å². The van der Waals surface area contributed by atoms with Crippen LogP contribution in [0.25, 0.3) is 11.1 Å². The highest BCUT2D eigenvalue weighted by Crippen LogP contribution is 2.20. The van der Waals surface area contributed by atoms with Gasteiger partial charge in [-0.15, -0.1) is 0 Å². The van der Waals surface area contributed by atoms with Crippen molar-refractivity contribution in [2.24, 2.45) is 5.92 Å². The van der Waals surface area contributed by atoms with E-state index in [0.717, 1.165) is 16.7 Å². The molecule has 1 heterocycles. The summed E-state index contributed by atoms with van der Waals surface area (Å²) in [5.41, 5.74) is 3.03. The van der Waals surface area contributed by atoms with Gasteiger partial charge in [0.2, 0.25) is 0 Å². The molecule has 36 heavy (non-hydrogen) atoms. The molecule has 0 fully saturated rings. The SMILES string of the molecule is Cc1oc(=O)oc1COC(=O)[C@H](O)C[C@@H](Cc1ccc(-c2ccccc2)cc1)NC(=O)OCC(C)C. The Labute approximate surface area is 209 Å². The molecule has 0 aliphatic carbocycles. The first-order chi connectivity index (χ1) is 17.2. The minimum atomic E-state index is -1.53. The summed E-state index contributed by atoms with van der Waals surface area (Å²) < 4.78 is 19.8. The fourth-order valence-corrected chi connectivity index (χ4v) is 3.50. The van der Waals surface area contributed by atoms with E-state index in [4.69, 9.17) is 18.3 Å². The maximum Gasteiger partial charge on any atom is 0.519 e. The summed E-state index contributed by atoms with van der Waals surface area (Å²) in [5, 5.41) is 13.2. The Morgan fingerprint density at radius 1 is 0.972 bits per heavy atom. The predicted molar refractivity (Wildman–Crippen MR) is 131 cm³/mol. The molecular weight excluding hydrogens is 466 g/mol. The van der Waals surface area contributed by atoms with Gasteiger partial charge in [0, 0.05) is 12.5 Å². The van der Waals surface area contributed by atoms with E-state index in [9.17, 15) is 19.5 Å². The van der Waals surface area contributed by atoms with E-state index < -0.39 is 30.0 Å². The molecule has 2 atom stereocenters. The molecule has 192 valence electrons. The summed E-state index contributed by atoms with van der Waals surface area (Å²) in [4.78, 5) is 35.8. The van der Waals surface area contributed by atoms with Gasteiger partial charge in [-0.3, -0.25) is 0 Å². The van der Waals surface area contributed by atoms with Crippen molar-refractivity contribution in [3.63, 3.8) is 0 Å². The number of ether oxygens (including phenoxy) is 2. The quantitative estimate of drug-likeness (QED) is 0.381. The number of aliphatic hydroxyl groups is 1. The minimum absolute atomic E-state index is 0.0611. The van der Waals surface area contributed by atoms with Crippen LogP contribution in [0.5, 0.6) is 0 Å². The number of aliphatic hydroxyl groups excluding tert-OH is 1. The monoisotopic (exact) mass is 497 g/mol. The van der Waals surface area contributed by atoms with Crippen LogP contribution in [-0.4, -0.2) is 35.9 Å². The maximum atomic E-state index is 12.4. The van der Waals surface area contributed by atoms with E-state index in [1.165, 1.54) is 6.92 Å². The molecule has 3 aromatic rings. The van der Waals surface area contributed by atoms with Crippen LogP contribution in [0.1, 0.15) is 37.4 Å². The first-order valence-electron chi connectivity index (χ1n) is 11.7. The highest BCUT2D eigenvalue weighted by molar-refractivity contribution is 5.74. The molecule has 0 aliphatic heterocycles. The Balaban J connectivity index is 1.64. The fraction of sp³-hybridized carbons (Fsp3) is 0.370. The normalized spacial score (nSPS) is 12.7. The Hall–Kier alpha value is -3.85. The predicted octanol–water partition coefficient (Wildman–Crippen LogP) is 4.00. The molecule has 0 spiro atoms. The van der Waals surface area contributed by atoms with Crippen LogP contribution in [0.15, 0.2) is 68.2 Å². The van der Waals surface area contributed by atoms with Gasteiger partial charge in [0.25, 0.3) is 0 Å². The highest BCUT2D eigenvalue weighted by atomic mass is 16.6. The van der Waals surface area contributed by atoms with E-state index in [1.807, 2.05) is 68.4 Å². The lowest BCUT2D eigenvalue weighted by atomic mass is 9.98. The maximum absolute atomic E-state index is 12.4. The Morgan fingerprint density at radius 2 is 1.64 bits per heavy atom. The Morgan fingerprint density at radius 3 is 2.25 bits per heavy atom. The zero-order chi connectivity index (χ0) is 26.1. The number of alkyl carbamates (subject to hydrolysis) is 1. The largest absolute Gasteiger partial charge is 0.519 e. The third-order valence-corrected chi connectivity index (χ3v) is 5.37. The van der Waals surface area contributed by atoms with Crippen molar-refractivity contribution in [1.82, 2.24) is 5.32 Å². The molecule has 0 unspecified atom stereocenters. The number of nitrogens with one attached hydrogen (secondary N) is 1. The zero-order valence-corrected chi connectivity index (χ0v) is 20.6. The molecular formula is C27H31NO8. The molecule has 3 rings (SSSR count). The third kappa shape index (κ3) is 8.13. The lowest BCUT2D eigenvalue weighted by Gasteiger charge is -2.21. The van der Waals surface area contributed by atoms with Gasteiger partial charge >= 0.3 is 17.9 Å². The van der Waals surface area contributed by atoms with Gasteiger partial charge in [0.05, 0.1) is 6.61 Å². The minimum Gasteiger partial charge on any atom is -0.455 e. The second-order valence-electron chi connectivity index (χ2n) is 8.89. The molecule has 9 nitrogen and oxygen atoms in total. The number of aryl methyl sites for hydroxylation is 1. The summed E-state index contributed by atoms with van der Waals surface area (Å²) in [5.74, 6) is -1.41. The molecule has 1 aromatic heterocycles. The molecule has 0 saturated carbocycles. The summed E-state index contributed by atoms with van der Waals surface area (Å²) in [6.45, 7) is 5.22. The first kappa shape index (κ1) is 26.7. The summed E-state index contributed by atoms with van der Waals surface area (Å²) in [6.07, 6.45) is -1.91. The van der Waals surface area contributed by atoms with Crippen LogP contribution in [0, 0.1) is 12.8 Å². The van der Waals surface area contributed by atoms with Crippen molar-refractivity contribution in [1.29, 1.82) is 0 Å². The summed E-state index contributed by atoms with van der Waals surface area (Å²) in [7, 11) is 0. The van der Waals surface area contributed by atoms with Crippen molar-refractivity contribution in [2.45, 2.75) is 52.4 Å². The Kier molecular flexibility index (Phi) is 9.46. The van der Waals surface area contributed by atoms with E-state index in [-0.39, 0.29) is 37.1 Å². The van der Waals surface area contributed by atoms with Crippen molar-refractivity contribution < 1.29 is 33.0 Å². The van der Waals surface area contributed by atoms with Gasteiger partial charge < -0.3 is 28.7 Å². The Bertz CT molecular complexity index is 1180. The number of hydrogen-bond acceptors (Lipinski definition) is 8. The number of carbonyl (C=O) groups excluding carboxylic acids is 2. The van der Waals surface area contributed by atoms with Crippen molar-refractivity contribution in [3.8, 4) is 11.1 Å². The van der Waals surface area contributed by atoms with Crippen LogP contribution >= 0.6 is 0 Å². The average Bonchev–Trinajstić information content (AvgIpc) is 3.18. The number of amides is 1. The molecule has 0 bridgehead atoms. The number of esters is 1. The number of benzene rings is 2. The lowest BCUT2D eigenvalue weighted by Crippen LogP contribution is -2.41. The molecule has 9 heteroatoms. The summed E-state index contributed by atoms with van der Waals surface area (Å²) in [6, 6.07) is 17.1. The average molecular weight is 498 g/mol. The molecule has 2 N–H and O–H groups in total. The second-order valence-corrected chi connectivity index (χ2v) is 8.89. The smallest absolute Gasteiger partial charge is 0.455 e. The van der Waals surface area contributed by atoms with Gasteiger partial charge in [-0.25, -0.2) is 14.4 Å². The van der Waals surface area contributed by atoms with Gasteiger partial charge in [-0.2, -0.15) is 0 Å². The third-order valence-electron chi connectivity index (χ3n) is 5.37. The molecule has 2 aromatic carbocycles. The van der Waals surface area contributed by atoms with E-state index in [2.05, 4.69) is 5.32 Å². The second kappa shape index (κ2) is 12.7. The van der Waals surface area contributed by atoms with E-state index in [1.54, 1.807) is 0 Å². The van der Waals surface area contributed by atoms with Gasteiger partial charge in [0.1, 0.15) is 0 Å². The molecule has 1 amide bonds. The van der Waals surface area contributed by atoms with Gasteiger partial charge in [-0.1, -0.05) is 68.4 Å². The number of carbonyl (C=O) groups is 2. The van der Waals surface area contributed by atoms with Crippen LogP contribution in [-0.2, 0) is 27.3 Å². The standard InChI is InChI=1S/C27H31NO8/c1-17(2)15-34-26(31)28-22(13-19-9-11-21(12-10-19)20-7-5-4-6-8-20)14-23(29)25(30)33-16-24-18(3)35-27(32)36-24/h4-12,17,22-23,29H,13-16H2,1-3H3,(H,28,31)/t22-,23-/m1/s1. The van der Waals surface area contributed by atoms with Crippen LogP contribution in [0.2, 0.25) is 0 Å². The van der Waals surface area contributed by atoms with Gasteiger partial charge in [0.15, 0.2) is 24.2 Å². The first-order valence-corrected chi connectivity index (χ1v) is 11.7. The molecule has 0 aliphatic rings. The van der Waals surface area contributed by atoms with Crippen molar-refractivity contribution >= 4 is 12.1 Å². The van der Waals surface area contributed by atoms with Crippen LogP contribution in [0.3, 0.4) is 0 Å². The molecule has 0 radical (unpaired) electrons. The number of rotatable bonds is 11. The lowest BCUT2D eigenvalue weighted by molar-refractivity contribution is -0.156. The topological polar surface area (TPSA) is 128 Å². The van der Waals surface area contributed by atoms with Crippen molar-refractivity contribution in [2.75, 3.05) is 6.61 Å².